The van der Waals surface area contributed by atoms with Crippen molar-refractivity contribution < 1.29 is 0 Å². The summed E-state index contributed by atoms with van der Waals surface area (Å²) in [6.07, 6.45) is 8.09. The number of hydrogen-bond donors (Lipinski definition) is 1. The lowest BCUT2D eigenvalue weighted by molar-refractivity contribution is 0.284. The van der Waals surface area contributed by atoms with Crippen LogP contribution in [0, 0.1) is 12.8 Å². The predicted octanol–water partition coefficient (Wildman–Crippen LogP) is 4.10. The molecule has 0 radical (unpaired) electrons. The molecular formula is C17H27N. The average molecular weight is 245 g/mol. The fraction of sp³-hybridized carbons (Fsp3) is 0.647. The van der Waals surface area contributed by atoms with Gasteiger partial charge in [-0.25, -0.2) is 0 Å². The SMILES string of the molecule is CCCNC1CCCC(Cc2ccccc2C)C1. The Labute approximate surface area is 112 Å². The van der Waals surface area contributed by atoms with Crippen LogP contribution in [0.4, 0.5) is 0 Å². The maximum atomic E-state index is 3.70. The largest absolute Gasteiger partial charge is 0.314 e. The van der Waals surface area contributed by atoms with Crippen LogP contribution in [-0.2, 0) is 6.42 Å². The molecule has 1 N–H and O–H groups in total. The second-order valence-electron chi connectivity index (χ2n) is 5.81. The van der Waals surface area contributed by atoms with E-state index in [1.807, 2.05) is 0 Å². The van der Waals surface area contributed by atoms with E-state index in [9.17, 15) is 0 Å². The van der Waals surface area contributed by atoms with Gasteiger partial charge in [0.25, 0.3) is 0 Å². The van der Waals surface area contributed by atoms with Crippen molar-refractivity contribution in [2.24, 2.45) is 5.92 Å². The minimum Gasteiger partial charge on any atom is -0.314 e. The van der Waals surface area contributed by atoms with Crippen molar-refractivity contribution in [1.82, 2.24) is 5.32 Å². The molecule has 2 rings (SSSR count). The van der Waals surface area contributed by atoms with Crippen LogP contribution in [0.2, 0.25) is 0 Å². The van der Waals surface area contributed by atoms with Crippen molar-refractivity contribution >= 4 is 0 Å². The molecule has 0 amide bonds. The van der Waals surface area contributed by atoms with Gasteiger partial charge in [-0.05, 0) is 56.2 Å². The molecule has 1 aliphatic carbocycles. The van der Waals surface area contributed by atoms with Gasteiger partial charge >= 0.3 is 0 Å². The van der Waals surface area contributed by atoms with Gasteiger partial charge in [0.2, 0.25) is 0 Å². The number of nitrogens with one attached hydrogen (secondary N) is 1. The summed E-state index contributed by atoms with van der Waals surface area (Å²) in [6, 6.07) is 9.64. The van der Waals surface area contributed by atoms with Gasteiger partial charge < -0.3 is 5.32 Å². The van der Waals surface area contributed by atoms with Crippen molar-refractivity contribution in [1.29, 1.82) is 0 Å². The molecule has 1 aromatic rings. The molecule has 1 aliphatic rings. The van der Waals surface area contributed by atoms with Gasteiger partial charge in [0, 0.05) is 6.04 Å². The molecule has 0 aromatic heterocycles. The van der Waals surface area contributed by atoms with Crippen molar-refractivity contribution in [3.8, 4) is 0 Å². The molecule has 100 valence electrons. The van der Waals surface area contributed by atoms with Crippen LogP contribution >= 0.6 is 0 Å². The smallest absolute Gasteiger partial charge is 0.00698 e. The van der Waals surface area contributed by atoms with Crippen LogP contribution in [0.5, 0.6) is 0 Å². The maximum absolute atomic E-state index is 3.70. The second-order valence-corrected chi connectivity index (χ2v) is 5.81. The first-order chi connectivity index (χ1) is 8.79. The maximum Gasteiger partial charge on any atom is 0.00698 e. The Morgan fingerprint density at radius 3 is 2.83 bits per heavy atom. The highest BCUT2D eigenvalue weighted by atomic mass is 14.9. The monoisotopic (exact) mass is 245 g/mol. The predicted molar refractivity (Wildman–Crippen MR) is 78.9 cm³/mol. The van der Waals surface area contributed by atoms with E-state index in [0.717, 1.165) is 12.0 Å². The van der Waals surface area contributed by atoms with Crippen LogP contribution < -0.4 is 5.32 Å². The molecule has 0 aliphatic heterocycles. The molecule has 0 spiro atoms. The van der Waals surface area contributed by atoms with Crippen molar-refractivity contribution in [2.75, 3.05) is 6.54 Å². The van der Waals surface area contributed by atoms with E-state index in [-0.39, 0.29) is 0 Å². The highest BCUT2D eigenvalue weighted by Crippen LogP contribution is 2.28. The Morgan fingerprint density at radius 1 is 1.22 bits per heavy atom. The van der Waals surface area contributed by atoms with Crippen molar-refractivity contribution in [3.05, 3.63) is 35.4 Å². The average Bonchev–Trinajstić information content (AvgIpc) is 2.40. The zero-order valence-electron chi connectivity index (χ0n) is 11.9. The van der Waals surface area contributed by atoms with E-state index in [1.165, 1.54) is 50.6 Å². The first-order valence-electron chi connectivity index (χ1n) is 7.57. The molecule has 0 saturated heterocycles. The van der Waals surface area contributed by atoms with Crippen molar-refractivity contribution in [2.45, 2.75) is 58.4 Å². The Kier molecular flexibility index (Phi) is 5.25. The number of hydrogen-bond acceptors (Lipinski definition) is 1. The summed E-state index contributed by atoms with van der Waals surface area (Å²) in [6.45, 7) is 5.67. The Morgan fingerprint density at radius 2 is 2.06 bits per heavy atom. The molecule has 1 fully saturated rings. The van der Waals surface area contributed by atoms with E-state index < -0.39 is 0 Å². The van der Waals surface area contributed by atoms with Gasteiger partial charge in [0.15, 0.2) is 0 Å². The molecule has 1 saturated carbocycles. The Balaban J connectivity index is 1.87. The lowest BCUT2D eigenvalue weighted by Crippen LogP contribution is -2.35. The summed E-state index contributed by atoms with van der Waals surface area (Å²) in [5.74, 6) is 0.884. The Hall–Kier alpha value is -0.820. The number of aryl methyl sites for hydroxylation is 1. The molecule has 1 heteroatoms. The van der Waals surface area contributed by atoms with Gasteiger partial charge in [-0.1, -0.05) is 44.0 Å². The summed E-state index contributed by atoms with van der Waals surface area (Å²) in [7, 11) is 0. The zero-order valence-corrected chi connectivity index (χ0v) is 11.9. The molecule has 18 heavy (non-hydrogen) atoms. The topological polar surface area (TPSA) is 12.0 Å². The number of benzene rings is 1. The molecule has 2 atom stereocenters. The third kappa shape index (κ3) is 3.84. The third-order valence-electron chi connectivity index (χ3n) is 4.24. The quantitative estimate of drug-likeness (QED) is 0.823. The standard InChI is InChI=1S/C17H27N/c1-3-11-18-17-10-6-8-15(13-17)12-16-9-5-4-7-14(16)2/h4-5,7,9,15,17-18H,3,6,8,10-13H2,1-2H3. The summed E-state index contributed by atoms with van der Waals surface area (Å²) >= 11 is 0. The first kappa shape index (κ1) is 13.6. The molecule has 1 aromatic carbocycles. The minimum atomic E-state index is 0.771. The Bertz CT molecular complexity index is 358. The molecule has 2 unspecified atom stereocenters. The third-order valence-corrected chi connectivity index (χ3v) is 4.24. The highest BCUT2D eigenvalue weighted by Gasteiger charge is 2.21. The summed E-state index contributed by atoms with van der Waals surface area (Å²) in [5.41, 5.74) is 3.01. The van der Waals surface area contributed by atoms with E-state index >= 15 is 0 Å². The van der Waals surface area contributed by atoms with Gasteiger partial charge in [0.1, 0.15) is 0 Å². The van der Waals surface area contributed by atoms with Crippen LogP contribution in [0.3, 0.4) is 0 Å². The van der Waals surface area contributed by atoms with Crippen molar-refractivity contribution in [3.63, 3.8) is 0 Å². The molecule has 1 nitrogen and oxygen atoms in total. The number of rotatable bonds is 5. The molecular weight excluding hydrogens is 218 g/mol. The summed E-state index contributed by atoms with van der Waals surface area (Å²) in [4.78, 5) is 0. The van der Waals surface area contributed by atoms with Gasteiger partial charge in [-0.15, -0.1) is 0 Å². The van der Waals surface area contributed by atoms with Crippen LogP contribution in [0.1, 0.15) is 50.2 Å². The van der Waals surface area contributed by atoms with E-state index in [0.29, 0.717) is 0 Å². The van der Waals surface area contributed by atoms with Crippen LogP contribution in [0.15, 0.2) is 24.3 Å². The molecule has 0 bridgehead atoms. The summed E-state index contributed by atoms with van der Waals surface area (Å²) < 4.78 is 0. The fourth-order valence-electron chi connectivity index (χ4n) is 3.16. The fourth-order valence-corrected chi connectivity index (χ4v) is 3.16. The van der Waals surface area contributed by atoms with E-state index in [1.54, 1.807) is 5.56 Å². The second kappa shape index (κ2) is 6.94. The lowest BCUT2D eigenvalue weighted by Gasteiger charge is -2.30. The van der Waals surface area contributed by atoms with Gasteiger partial charge in [-0.2, -0.15) is 0 Å². The lowest BCUT2D eigenvalue weighted by atomic mass is 9.81. The summed E-state index contributed by atoms with van der Waals surface area (Å²) in [5, 5.41) is 3.70. The molecule has 0 heterocycles. The van der Waals surface area contributed by atoms with E-state index in [2.05, 4.69) is 43.4 Å². The first-order valence-corrected chi connectivity index (χ1v) is 7.57. The van der Waals surface area contributed by atoms with Gasteiger partial charge in [-0.3, -0.25) is 0 Å². The van der Waals surface area contributed by atoms with Crippen LogP contribution in [0.25, 0.3) is 0 Å². The normalized spacial score (nSPS) is 24.1. The highest BCUT2D eigenvalue weighted by molar-refractivity contribution is 5.26. The van der Waals surface area contributed by atoms with Crippen LogP contribution in [-0.4, -0.2) is 12.6 Å². The van der Waals surface area contributed by atoms with Gasteiger partial charge in [0.05, 0.1) is 0 Å². The zero-order chi connectivity index (χ0) is 12.8. The van der Waals surface area contributed by atoms with E-state index in [4.69, 9.17) is 0 Å². The minimum absolute atomic E-state index is 0.771.